The largest absolute Gasteiger partial charge is 0.462 e. The van der Waals surface area contributed by atoms with E-state index in [4.69, 9.17) is 21.7 Å². The van der Waals surface area contributed by atoms with Crippen molar-refractivity contribution >= 4 is 39.6 Å². The summed E-state index contributed by atoms with van der Waals surface area (Å²) in [5.74, 6) is -0.293. The highest BCUT2D eigenvalue weighted by molar-refractivity contribution is 7.80. The lowest BCUT2D eigenvalue weighted by Crippen LogP contribution is -2.35. The molecule has 0 aromatic carbocycles. The zero-order valence-corrected chi connectivity index (χ0v) is 15.5. The van der Waals surface area contributed by atoms with Gasteiger partial charge >= 0.3 is 5.97 Å². The summed E-state index contributed by atoms with van der Waals surface area (Å²) in [4.78, 5) is 13.4. The van der Waals surface area contributed by atoms with Crippen molar-refractivity contribution < 1.29 is 14.3 Å². The Bertz CT molecular complexity index is 566. The summed E-state index contributed by atoms with van der Waals surface area (Å²) in [5.41, 5.74) is 1.64. The normalized spacial score (nSPS) is 17.1. The number of rotatable bonds is 6. The molecule has 0 radical (unpaired) electrons. The molecule has 1 aromatic heterocycles. The average Bonchev–Trinajstić information content (AvgIpc) is 3.12. The molecule has 1 aliphatic rings. The molecule has 1 aliphatic heterocycles. The topological polar surface area (TPSA) is 59.6 Å². The van der Waals surface area contributed by atoms with E-state index in [1.807, 2.05) is 20.8 Å². The molecule has 2 rings (SSSR count). The molecule has 0 saturated carbocycles. The van der Waals surface area contributed by atoms with Crippen molar-refractivity contribution in [3.8, 4) is 0 Å². The van der Waals surface area contributed by atoms with Crippen LogP contribution in [0.25, 0.3) is 0 Å². The van der Waals surface area contributed by atoms with Crippen LogP contribution in [0.2, 0.25) is 0 Å². The molecule has 23 heavy (non-hydrogen) atoms. The van der Waals surface area contributed by atoms with Gasteiger partial charge in [-0.3, -0.25) is 0 Å². The third-order valence-corrected chi connectivity index (χ3v) is 5.09. The minimum absolute atomic E-state index is 0.218. The van der Waals surface area contributed by atoms with Gasteiger partial charge in [-0.1, -0.05) is 6.92 Å². The Hall–Kier alpha value is -1.18. The van der Waals surface area contributed by atoms with E-state index in [0.29, 0.717) is 23.8 Å². The van der Waals surface area contributed by atoms with Crippen molar-refractivity contribution in [2.45, 2.75) is 46.1 Å². The lowest BCUT2D eigenvalue weighted by Gasteiger charge is -2.14. The van der Waals surface area contributed by atoms with Crippen LogP contribution in [0.3, 0.4) is 0 Å². The summed E-state index contributed by atoms with van der Waals surface area (Å²) in [6.07, 6.45) is 3.16. The van der Waals surface area contributed by atoms with Gasteiger partial charge in [0.05, 0.1) is 18.3 Å². The van der Waals surface area contributed by atoms with Gasteiger partial charge in [0.2, 0.25) is 0 Å². The van der Waals surface area contributed by atoms with Crippen LogP contribution in [0.5, 0.6) is 0 Å². The second-order valence-electron chi connectivity index (χ2n) is 5.39. The van der Waals surface area contributed by atoms with Crippen molar-refractivity contribution in [1.82, 2.24) is 5.32 Å². The molecule has 1 saturated heterocycles. The van der Waals surface area contributed by atoms with E-state index in [2.05, 4.69) is 10.6 Å². The maximum Gasteiger partial charge on any atom is 0.341 e. The van der Waals surface area contributed by atoms with E-state index in [-0.39, 0.29) is 12.1 Å². The van der Waals surface area contributed by atoms with Gasteiger partial charge in [-0.2, -0.15) is 0 Å². The van der Waals surface area contributed by atoms with E-state index in [9.17, 15) is 4.79 Å². The molecular formula is C16H24N2O3S2. The van der Waals surface area contributed by atoms with Crippen LogP contribution in [0.4, 0.5) is 5.00 Å². The molecule has 1 aromatic rings. The Labute approximate surface area is 146 Å². The summed E-state index contributed by atoms with van der Waals surface area (Å²) in [6.45, 7) is 7.73. The van der Waals surface area contributed by atoms with Gasteiger partial charge in [0.1, 0.15) is 5.00 Å². The number of ether oxygens (including phenoxy) is 2. The fraction of sp³-hybridized carbons (Fsp3) is 0.625. The van der Waals surface area contributed by atoms with Crippen LogP contribution in [-0.2, 0) is 15.9 Å². The Balaban J connectivity index is 2.05. The third kappa shape index (κ3) is 4.65. The Kier molecular flexibility index (Phi) is 6.80. The summed E-state index contributed by atoms with van der Waals surface area (Å²) >= 11 is 6.88. The highest BCUT2D eigenvalue weighted by atomic mass is 32.1. The van der Waals surface area contributed by atoms with Gasteiger partial charge in [0.25, 0.3) is 0 Å². The Morgan fingerprint density at radius 3 is 2.87 bits per heavy atom. The van der Waals surface area contributed by atoms with Crippen LogP contribution in [0.1, 0.15) is 47.5 Å². The van der Waals surface area contributed by atoms with Crippen molar-refractivity contribution in [3.63, 3.8) is 0 Å². The molecule has 2 N–H and O–H groups in total. The van der Waals surface area contributed by atoms with Crippen LogP contribution < -0.4 is 10.6 Å². The maximum absolute atomic E-state index is 12.3. The summed E-state index contributed by atoms with van der Waals surface area (Å²) in [7, 11) is 0. The number of aryl methyl sites for hydroxylation is 1. The Morgan fingerprint density at radius 1 is 1.48 bits per heavy atom. The Morgan fingerprint density at radius 2 is 2.26 bits per heavy atom. The first-order chi connectivity index (χ1) is 11.1. The molecule has 0 unspecified atom stereocenters. The molecule has 0 spiro atoms. The SMILES string of the molecule is CCOC(=O)c1c(NC(=S)NC[C@@H]2CCCO2)sc(C)c1CC. The molecule has 128 valence electrons. The number of hydrogen-bond acceptors (Lipinski definition) is 5. The van der Waals surface area contributed by atoms with Gasteiger partial charge in [0.15, 0.2) is 5.11 Å². The minimum Gasteiger partial charge on any atom is -0.462 e. The molecular weight excluding hydrogens is 332 g/mol. The number of anilines is 1. The van der Waals surface area contributed by atoms with Gasteiger partial charge < -0.3 is 20.1 Å². The number of hydrogen-bond donors (Lipinski definition) is 2. The number of thiocarbonyl (C=S) groups is 1. The van der Waals surface area contributed by atoms with Crippen molar-refractivity contribution in [2.24, 2.45) is 0 Å². The van der Waals surface area contributed by atoms with E-state index in [1.54, 1.807) is 0 Å². The van der Waals surface area contributed by atoms with Gasteiger partial charge in [0, 0.05) is 18.0 Å². The lowest BCUT2D eigenvalue weighted by atomic mass is 10.1. The zero-order chi connectivity index (χ0) is 16.8. The van der Waals surface area contributed by atoms with Crippen LogP contribution in [0.15, 0.2) is 0 Å². The average molecular weight is 357 g/mol. The van der Waals surface area contributed by atoms with Crippen LogP contribution in [-0.4, -0.2) is 36.9 Å². The monoisotopic (exact) mass is 356 g/mol. The van der Waals surface area contributed by atoms with Gasteiger partial charge in [-0.05, 0) is 50.9 Å². The second-order valence-corrected chi connectivity index (χ2v) is 7.02. The first-order valence-corrected chi connectivity index (χ1v) is 9.25. The van der Waals surface area contributed by atoms with E-state index >= 15 is 0 Å². The molecule has 5 nitrogen and oxygen atoms in total. The fourth-order valence-electron chi connectivity index (χ4n) is 2.67. The fourth-order valence-corrected chi connectivity index (χ4v) is 4.06. The predicted octanol–water partition coefficient (Wildman–Crippen LogP) is 3.26. The first kappa shape index (κ1) is 18.2. The standard InChI is InChI=1S/C16H24N2O3S2/c1-4-12-10(3)23-14(13(12)15(19)20-5-2)18-16(22)17-9-11-7-6-8-21-11/h11H,4-9H2,1-3H3,(H2,17,18,22)/t11-/m0/s1. The summed E-state index contributed by atoms with van der Waals surface area (Å²) in [5, 5.41) is 7.58. The molecule has 0 amide bonds. The zero-order valence-electron chi connectivity index (χ0n) is 13.9. The van der Waals surface area contributed by atoms with E-state index < -0.39 is 0 Å². The quantitative estimate of drug-likeness (QED) is 0.603. The van der Waals surface area contributed by atoms with Crippen molar-refractivity contribution in [3.05, 3.63) is 16.0 Å². The smallest absolute Gasteiger partial charge is 0.341 e. The van der Waals surface area contributed by atoms with Crippen molar-refractivity contribution in [1.29, 1.82) is 0 Å². The highest BCUT2D eigenvalue weighted by Gasteiger charge is 2.23. The first-order valence-electron chi connectivity index (χ1n) is 8.02. The number of esters is 1. The molecule has 0 bridgehead atoms. The van der Waals surface area contributed by atoms with Crippen LogP contribution >= 0.6 is 23.6 Å². The maximum atomic E-state index is 12.3. The molecule has 2 heterocycles. The summed E-state index contributed by atoms with van der Waals surface area (Å²) in [6, 6.07) is 0. The number of carbonyl (C=O) groups is 1. The van der Waals surface area contributed by atoms with E-state index in [1.165, 1.54) is 11.3 Å². The molecule has 1 atom stereocenters. The predicted molar refractivity (Wildman–Crippen MR) is 97.6 cm³/mol. The lowest BCUT2D eigenvalue weighted by molar-refractivity contribution is 0.0527. The number of thiophene rings is 1. The highest BCUT2D eigenvalue weighted by Crippen LogP contribution is 2.34. The molecule has 0 aliphatic carbocycles. The second kappa shape index (κ2) is 8.61. The number of carbonyl (C=O) groups excluding carboxylic acids is 1. The van der Waals surface area contributed by atoms with E-state index in [0.717, 1.165) is 41.3 Å². The molecule has 7 heteroatoms. The van der Waals surface area contributed by atoms with Crippen molar-refractivity contribution in [2.75, 3.05) is 25.1 Å². The number of nitrogens with one attached hydrogen (secondary N) is 2. The van der Waals surface area contributed by atoms with Gasteiger partial charge in [-0.25, -0.2) is 4.79 Å². The minimum atomic E-state index is -0.293. The third-order valence-electron chi connectivity index (χ3n) is 3.78. The molecule has 1 fully saturated rings. The summed E-state index contributed by atoms with van der Waals surface area (Å²) < 4.78 is 10.8. The van der Waals surface area contributed by atoms with Gasteiger partial charge in [-0.15, -0.1) is 11.3 Å². The van der Waals surface area contributed by atoms with Crippen LogP contribution in [0, 0.1) is 6.92 Å².